The van der Waals surface area contributed by atoms with Gasteiger partial charge in [-0.05, 0) is 63.5 Å². The molecule has 0 aromatic heterocycles. The van der Waals surface area contributed by atoms with Gasteiger partial charge < -0.3 is 15.5 Å². The van der Waals surface area contributed by atoms with Gasteiger partial charge >= 0.3 is 0 Å². The lowest BCUT2D eigenvalue weighted by Crippen LogP contribution is -2.55. The van der Waals surface area contributed by atoms with Crippen molar-refractivity contribution in [1.29, 1.82) is 0 Å². The van der Waals surface area contributed by atoms with Crippen molar-refractivity contribution in [2.75, 3.05) is 6.54 Å². The summed E-state index contributed by atoms with van der Waals surface area (Å²) in [7, 11) is 0. The summed E-state index contributed by atoms with van der Waals surface area (Å²) >= 11 is 0. The molecule has 2 aliphatic heterocycles. The van der Waals surface area contributed by atoms with Gasteiger partial charge in [0.25, 0.3) is 0 Å². The van der Waals surface area contributed by atoms with E-state index < -0.39 is 24.2 Å². The molecule has 1 unspecified atom stereocenters. The fourth-order valence-corrected chi connectivity index (χ4v) is 5.34. The molecule has 4 aliphatic rings. The topological polar surface area (TPSA) is 103 Å². The highest BCUT2D eigenvalue weighted by molar-refractivity contribution is 6.17. The number of hydrogen-bond acceptors (Lipinski definition) is 5. The van der Waals surface area contributed by atoms with Crippen LogP contribution < -0.4 is 10.6 Å². The van der Waals surface area contributed by atoms with Crippen molar-refractivity contribution in [2.45, 2.75) is 90.5 Å². The number of amidine groups is 1. The molecule has 8 nitrogen and oxygen atoms in total. The number of piperidine rings is 1. The van der Waals surface area contributed by atoms with E-state index in [-0.39, 0.29) is 41.3 Å². The summed E-state index contributed by atoms with van der Waals surface area (Å²) < 4.78 is 14.1. The van der Waals surface area contributed by atoms with Crippen molar-refractivity contribution in [3.8, 4) is 0 Å². The first-order valence-electron chi connectivity index (χ1n) is 12.6. The highest BCUT2D eigenvalue weighted by Crippen LogP contribution is 2.44. The van der Waals surface area contributed by atoms with E-state index in [0.29, 0.717) is 18.1 Å². The van der Waals surface area contributed by atoms with E-state index in [0.717, 1.165) is 32.1 Å². The van der Waals surface area contributed by atoms with Gasteiger partial charge in [0.15, 0.2) is 12.0 Å². The molecule has 190 valence electrons. The summed E-state index contributed by atoms with van der Waals surface area (Å²) in [5, 5.41) is 5.67. The highest BCUT2D eigenvalue weighted by atomic mass is 19.1. The lowest BCUT2D eigenvalue weighted by molar-refractivity contribution is -0.140. The summed E-state index contributed by atoms with van der Waals surface area (Å²) in [4.78, 5) is 49.7. The van der Waals surface area contributed by atoms with Gasteiger partial charge in [0.1, 0.15) is 11.8 Å². The van der Waals surface area contributed by atoms with Gasteiger partial charge in [-0.25, -0.2) is 14.4 Å². The molecule has 0 spiro atoms. The van der Waals surface area contributed by atoms with Crippen molar-refractivity contribution in [3.05, 3.63) is 23.9 Å². The van der Waals surface area contributed by atoms with Crippen LogP contribution in [0.15, 0.2) is 33.9 Å². The molecule has 2 heterocycles. The molecule has 1 saturated carbocycles. The van der Waals surface area contributed by atoms with Crippen LogP contribution in [-0.2, 0) is 14.4 Å². The van der Waals surface area contributed by atoms with E-state index in [2.05, 4.69) is 34.5 Å². The van der Waals surface area contributed by atoms with Crippen molar-refractivity contribution in [1.82, 2.24) is 15.5 Å². The number of fused-ring (bicyclic) bond motifs is 1. The molecule has 35 heavy (non-hydrogen) atoms. The fourth-order valence-electron chi connectivity index (χ4n) is 5.34. The molecule has 0 bridgehead atoms. The standard InChI is InChI=1S/C26H36FN5O3/c1-15-8-5-6-11-32(15)21(33)12-20(30-24(34)17-13-26(3,4)14-17)25(35)28-16(2)23-29-19-10-7-9-18(27)22(19)31-23/h7,9-10,15-18,20H,5-6,8,11-14H2,1-4H3,(H,28,35)(H,30,34)/t15-,16-,18?,20-/m0/s1. The second-order valence-electron chi connectivity index (χ2n) is 11.0. The van der Waals surface area contributed by atoms with E-state index in [9.17, 15) is 18.8 Å². The number of carbonyl (C=O) groups is 3. The quantitative estimate of drug-likeness (QED) is 0.580. The number of aliphatic imine (C=N–C) groups is 2. The maximum Gasteiger partial charge on any atom is 0.243 e. The van der Waals surface area contributed by atoms with Gasteiger partial charge in [-0.2, -0.15) is 0 Å². The summed E-state index contributed by atoms with van der Waals surface area (Å²) in [6.45, 7) is 8.61. The lowest BCUT2D eigenvalue weighted by Gasteiger charge is -2.42. The number of amides is 3. The van der Waals surface area contributed by atoms with Gasteiger partial charge in [-0.1, -0.05) is 19.9 Å². The molecule has 4 atom stereocenters. The van der Waals surface area contributed by atoms with Gasteiger partial charge in [0.2, 0.25) is 17.7 Å². The maximum absolute atomic E-state index is 14.1. The number of halogens is 1. The molecular weight excluding hydrogens is 449 g/mol. The Morgan fingerprint density at radius 1 is 1.20 bits per heavy atom. The Hall–Kier alpha value is -2.84. The summed E-state index contributed by atoms with van der Waals surface area (Å²) in [5.74, 6) is -0.661. The predicted octanol–water partition coefficient (Wildman–Crippen LogP) is 2.85. The molecule has 1 saturated heterocycles. The minimum Gasteiger partial charge on any atom is -0.345 e. The van der Waals surface area contributed by atoms with E-state index in [1.54, 1.807) is 19.1 Å². The summed E-state index contributed by atoms with van der Waals surface area (Å²) in [5.41, 5.74) is 0.792. The molecule has 0 aromatic carbocycles. The lowest BCUT2D eigenvalue weighted by atomic mass is 9.64. The predicted molar refractivity (Wildman–Crippen MR) is 133 cm³/mol. The maximum atomic E-state index is 14.1. The number of nitrogens with one attached hydrogen (secondary N) is 2. The van der Waals surface area contributed by atoms with E-state index in [1.165, 1.54) is 6.08 Å². The third-order valence-corrected chi connectivity index (χ3v) is 7.38. The third-order valence-electron chi connectivity index (χ3n) is 7.38. The van der Waals surface area contributed by atoms with Crippen molar-refractivity contribution in [2.24, 2.45) is 21.3 Å². The van der Waals surface area contributed by atoms with Crippen LogP contribution in [-0.4, -0.2) is 65.0 Å². The smallest absolute Gasteiger partial charge is 0.243 e. The van der Waals surface area contributed by atoms with Crippen LogP contribution in [0, 0.1) is 11.3 Å². The fraction of sp³-hybridized carbons (Fsp3) is 0.654. The zero-order chi connectivity index (χ0) is 25.3. The Morgan fingerprint density at radius 2 is 1.94 bits per heavy atom. The summed E-state index contributed by atoms with van der Waals surface area (Å²) in [6, 6.07) is -1.49. The van der Waals surface area contributed by atoms with Crippen LogP contribution in [0.4, 0.5) is 4.39 Å². The Morgan fingerprint density at radius 3 is 2.60 bits per heavy atom. The van der Waals surface area contributed by atoms with Crippen molar-refractivity contribution < 1.29 is 18.8 Å². The van der Waals surface area contributed by atoms with E-state index in [1.807, 2.05) is 11.8 Å². The Labute approximate surface area is 206 Å². The van der Waals surface area contributed by atoms with Crippen LogP contribution >= 0.6 is 0 Å². The Balaban J connectivity index is 1.44. The van der Waals surface area contributed by atoms with E-state index >= 15 is 0 Å². The third kappa shape index (κ3) is 5.70. The number of hydrogen-bond donors (Lipinski definition) is 2. The zero-order valence-electron chi connectivity index (χ0n) is 21.0. The molecule has 0 aromatic rings. The van der Waals surface area contributed by atoms with Crippen molar-refractivity contribution >= 4 is 29.3 Å². The first kappa shape index (κ1) is 25.3. The average Bonchev–Trinajstić information content (AvgIpc) is 3.23. The first-order valence-corrected chi connectivity index (χ1v) is 12.6. The Bertz CT molecular complexity index is 1010. The number of rotatable bonds is 7. The van der Waals surface area contributed by atoms with Gasteiger partial charge in [-0.15, -0.1) is 0 Å². The number of allylic oxidation sites excluding steroid dienone is 4. The minimum absolute atomic E-state index is 0.104. The van der Waals surface area contributed by atoms with Crippen LogP contribution in [0.2, 0.25) is 0 Å². The zero-order valence-corrected chi connectivity index (χ0v) is 21.0. The monoisotopic (exact) mass is 485 g/mol. The second-order valence-corrected chi connectivity index (χ2v) is 11.0. The van der Waals surface area contributed by atoms with Gasteiger partial charge in [0.05, 0.1) is 18.2 Å². The Kier molecular flexibility index (Phi) is 7.24. The number of nitrogens with zero attached hydrogens (tertiary/aromatic N) is 3. The molecule has 4 rings (SSSR count). The second kappa shape index (κ2) is 10.0. The van der Waals surface area contributed by atoms with Crippen LogP contribution in [0.25, 0.3) is 0 Å². The van der Waals surface area contributed by atoms with Gasteiger partial charge in [0, 0.05) is 18.5 Å². The van der Waals surface area contributed by atoms with Crippen LogP contribution in [0.5, 0.6) is 0 Å². The first-order chi connectivity index (χ1) is 16.5. The normalized spacial score (nSPS) is 27.0. The molecular formula is C26H36FN5O3. The molecule has 2 fully saturated rings. The minimum atomic E-state index is -1.33. The number of carbonyl (C=O) groups excluding carboxylic acids is 3. The molecule has 0 radical (unpaired) electrons. The van der Waals surface area contributed by atoms with E-state index in [4.69, 9.17) is 0 Å². The summed E-state index contributed by atoms with van der Waals surface area (Å²) in [6.07, 6.45) is 7.69. The highest BCUT2D eigenvalue weighted by Gasteiger charge is 2.42. The molecule has 2 aliphatic carbocycles. The van der Waals surface area contributed by atoms with Crippen LogP contribution in [0.1, 0.15) is 66.2 Å². The van der Waals surface area contributed by atoms with Gasteiger partial charge in [-0.3, -0.25) is 14.4 Å². The molecule has 3 amide bonds. The molecule has 2 N–H and O–H groups in total. The van der Waals surface area contributed by atoms with Crippen LogP contribution in [0.3, 0.4) is 0 Å². The SMILES string of the molecule is C[C@H](NC(=O)[C@H](CC(=O)N1CCCC[C@@H]1C)NC(=O)C1CC(C)(C)C1)C1=NC2=CC=CC(F)C2=N1. The molecule has 9 heteroatoms. The average molecular weight is 486 g/mol. The largest absolute Gasteiger partial charge is 0.345 e. The number of likely N-dealkylation sites (tertiary alicyclic amines) is 1. The van der Waals surface area contributed by atoms with Crippen molar-refractivity contribution in [3.63, 3.8) is 0 Å². The number of alkyl halides is 1.